The molecule has 1 amide bonds. The van der Waals surface area contributed by atoms with E-state index in [9.17, 15) is 19.7 Å². The van der Waals surface area contributed by atoms with Crippen molar-refractivity contribution < 1.29 is 14.5 Å². The van der Waals surface area contributed by atoms with E-state index in [2.05, 4.69) is 10.3 Å². The fourth-order valence-corrected chi connectivity index (χ4v) is 4.21. The number of amides is 1. The number of carbonyl (C=O) groups is 1. The van der Waals surface area contributed by atoms with Crippen LogP contribution in [0.4, 0.5) is 11.4 Å². The number of hydrogen-bond donors (Lipinski definition) is 1. The molecule has 0 bridgehead atoms. The molecule has 4 rings (SSSR count). The lowest BCUT2D eigenvalue weighted by Crippen LogP contribution is -2.29. The molecule has 9 nitrogen and oxygen atoms in total. The monoisotopic (exact) mass is 440 g/mol. The molecule has 2 aromatic carbocycles. The summed E-state index contributed by atoms with van der Waals surface area (Å²) < 4.78 is 7.27. The van der Waals surface area contributed by atoms with E-state index < -0.39 is 4.92 Å². The Morgan fingerprint density at radius 2 is 2.03 bits per heavy atom. The van der Waals surface area contributed by atoms with Crippen molar-refractivity contribution in [2.45, 2.75) is 30.6 Å². The summed E-state index contributed by atoms with van der Waals surface area (Å²) in [6, 6.07) is 12.7. The van der Waals surface area contributed by atoms with Crippen molar-refractivity contribution in [2.75, 3.05) is 17.7 Å². The van der Waals surface area contributed by atoms with Gasteiger partial charge in [-0.1, -0.05) is 23.9 Å². The topological polar surface area (TPSA) is 116 Å². The van der Waals surface area contributed by atoms with E-state index in [-0.39, 0.29) is 29.0 Å². The average molecular weight is 440 g/mol. The third-order valence-corrected chi connectivity index (χ3v) is 5.91. The second-order valence-electron chi connectivity index (χ2n) is 7.10. The number of carbonyl (C=O) groups excluding carboxylic acids is 1. The summed E-state index contributed by atoms with van der Waals surface area (Å²) in [5, 5.41) is 14.4. The van der Waals surface area contributed by atoms with E-state index in [0.29, 0.717) is 34.9 Å². The minimum absolute atomic E-state index is 0.0350. The number of nitro benzene ring substituents is 1. The molecule has 2 heterocycles. The molecule has 1 fully saturated rings. The van der Waals surface area contributed by atoms with Gasteiger partial charge in [-0.05, 0) is 37.1 Å². The fraction of sp³-hybridized carbons (Fsp3) is 0.286. The van der Waals surface area contributed by atoms with Gasteiger partial charge in [-0.3, -0.25) is 24.3 Å². The largest absolute Gasteiger partial charge is 0.376 e. The Hall–Kier alpha value is -3.24. The van der Waals surface area contributed by atoms with Crippen LogP contribution in [0.15, 0.2) is 58.5 Å². The zero-order chi connectivity index (χ0) is 21.8. The summed E-state index contributed by atoms with van der Waals surface area (Å²) in [6.07, 6.45) is 1.79. The number of non-ortho nitro benzene ring substituents is 1. The number of hydrogen-bond acceptors (Lipinski definition) is 7. The standard InChI is InChI=1S/C21H20N4O5S/c26-19(22-14-7-9-15(10-8-14)25(28)29)13-31-21-23-18-6-2-1-5-17(18)20(27)24(21)12-16-4-3-11-30-16/h1-2,5-10,16H,3-4,11-13H2,(H,22,26). The number of nitrogens with zero attached hydrogens (tertiary/aromatic N) is 3. The highest BCUT2D eigenvalue weighted by atomic mass is 32.2. The minimum Gasteiger partial charge on any atom is -0.376 e. The maximum absolute atomic E-state index is 13.1. The van der Waals surface area contributed by atoms with Crippen LogP contribution in [0.1, 0.15) is 12.8 Å². The predicted octanol–water partition coefficient (Wildman–Crippen LogP) is 3.21. The Bertz CT molecular complexity index is 1170. The van der Waals surface area contributed by atoms with Gasteiger partial charge in [0.1, 0.15) is 0 Å². The molecule has 1 saturated heterocycles. The first-order valence-electron chi connectivity index (χ1n) is 9.79. The van der Waals surface area contributed by atoms with E-state index >= 15 is 0 Å². The van der Waals surface area contributed by atoms with Gasteiger partial charge in [0.05, 0.1) is 34.2 Å². The zero-order valence-corrected chi connectivity index (χ0v) is 17.3. The SMILES string of the molecule is O=C(CSc1nc2ccccc2c(=O)n1CC1CCCO1)Nc1ccc([N+](=O)[O-])cc1. The summed E-state index contributed by atoms with van der Waals surface area (Å²) in [5.41, 5.74) is 0.832. The average Bonchev–Trinajstić information content (AvgIpc) is 3.28. The van der Waals surface area contributed by atoms with Crippen molar-refractivity contribution >= 4 is 39.9 Å². The molecule has 0 radical (unpaired) electrons. The first-order chi connectivity index (χ1) is 15.0. The van der Waals surface area contributed by atoms with Crippen LogP contribution in [0.2, 0.25) is 0 Å². The number of thioether (sulfide) groups is 1. The summed E-state index contributed by atoms with van der Waals surface area (Å²) in [5.74, 6) is -0.266. The molecule has 160 valence electrons. The van der Waals surface area contributed by atoms with Gasteiger partial charge in [-0.25, -0.2) is 4.98 Å². The first-order valence-corrected chi connectivity index (χ1v) is 10.8. The number of aromatic nitrogens is 2. The second kappa shape index (κ2) is 9.27. The lowest BCUT2D eigenvalue weighted by Gasteiger charge is -2.16. The number of ether oxygens (including phenoxy) is 1. The fourth-order valence-electron chi connectivity index (χ4n) is 3.40. The highest BCUT2D eigenvalue weighted by Gasteiger charge is 2.20. The third kappa shape index (κ3) is 4.92. The Balaban J connectivity index is 1.51. The van der Waals surface area contributed by atoms with Crippen molar-refractivity contribution in [2.24, 2.45) is 0 Å². The molecule has 1 atom stereocenters. The van der Waals surface area contributed by atoms with Gasteiger partial charge in [0, 0.05) is 24.4 Å². The molecule has 0 saturated carbocycles. The summed E-state index contributed by atoms with van der Waals surface area (Å²) in [6.45, 7) is 1.07. The molecule has 31 heavy (non-hydrogen) atoms. The number of rotatable bonds is 7. The smallest absolute Gasteiger partial charge is 0.269 e. The highest BCUT2D eigenvalue weighted by molar-refractivity contribution is 7.99. The van der Waals surface area contributed by atoms with E-state index in [4.69, 9.17) is 4.74 Å². The van der Waals surface area contributed by atoms with E-state index in [1.165, 1.54) is 36.0 Å². The van der Waals surface area contributed by atoms with Crippen LogP contribution in [0.3, 0.4) is 0 Å². The summed E-state index contributed by atoms with van der Waals surface area (Å²) in [4.78, 5) is 40.3. The van der Waals surface area contributed by atoms with Gasteiger partial charge in [0.2, 0.25) is 5.91 Å². The number of nitro groups is 1. The van der Waals surface area contributed by atoms with Crippen molar-refractivity contribution in [3.05, 3.63) is 69.0 Å². The molecule has 1 unspecified atom stereocenters. The molecule has 1 aromatic heterocycles. The van der Waals surface area contributed by atoms with Crippen LogP contribution in [0.5, 0.6) is 0 Å². The van der Waals surface area contributed by atoms with Crippen molar-refractivity contribution in [3.63, 3.8) is 0 Å². The Labute approximate surface area is 181 Å². The summed E-state index contributed by atoms with van der Waals surface area (Å²) >= 11 is 1.17. The van der Waals surface area contributed by atoms with Gasteiger partial charge < -0.3 is 10.1 Å². The Morgan fingerprint density at radius 3 is 2.74 bits per heavy atom. The van der Waals surface area contributed by atoms with E-state index in [0.717, 1.165) is 12.8 Å². The normalized spacial score (nSPS) is 15.8. The highest BCUT2D eigenvalue weighted by Crippen LogP contribution is 2.22. The molecule has 1 N–H and O–H groups in total. The van der Waals surface area contributed by atoms with Crippen LogP contribution < -0.4 is 10.9 Å². The molecule has 0 spiro atoms. The quantitative estimate of drug-likeness (QED) is 0.259. The number of anilines is 1. The van der Waals surface area contributed by atoms with E-state index in [1.54, 1.807) is 22.8 Å². The molecule has 1 aliphatic rings. The van der Waals surface area contributed by atoms with Crippen LogP contribution >= 0.6 is 11.8 Å². The third-order valence-electron chi connectivity index (χ3n) is 4.93. The zero-order valence-electron chi connectivity index (χ0n) is 16.5. The Kier molecular flexibility index (Phi) is 6.28. The molecule has 3 aromatic rings. The maximum Gasteiger partial charge on any atom is 0.269 e. The predicted molar refractivity (Wildman–Crippen MR) is 117 cm³/mol. The lowest BCUT2D eigenvalue weighted by molar-refractivity contribution is -0.384. The minimum atomic E-state index is -0.500. The van der Waals surface area contributed by atoms with Crippen LogP contribution in [-0.2, 0) is 16.1 Å². The van der Waals surface area contributed by atoms with Gasteiger partial charge in [0.25, 0.3) is 11.2 Å². The maximum atomic E-state index is 13.1. The molecule has 10 heteroatoms. The van der Waals surface area contributed by atoms with Crippen molar-refractivity contribution in [1.29, 1.82) is 0 Å². The number of benzene rings is 2. The van der Waals surface area contributed by atoms with Gasteiger partial charge >= 0.3 is 0 Å². The second-order valence-corrected chi connectivity index (χ2v) is 8.05. The van der Waals surface area contributed by atoms with Crippen LogP contribution in [-0.4, -0.2) is 38.8 Å². The van der Waals surface area contributed by atoms with Gasteiger partial charge in [-0.15, -0.1) is 0 Å². The van der Waals surface area contributed by atoms with Crippen LogP contribution in [0, 0.1) is 10.1 Å². The Morgan fingerprint density at radius 1 is 1.26 bits per heavy atom. The van der Waals surface area contributed by atoms with Crippen molar-refractivity contribution in [1.82, 2.24) is 9.55 Å². The lowest BCUT2D eigenvalue weighted by atomic mass is 10.2. The van der Waals surface area contributed by atoms with Crippen LogP contribution in [0.25, 0.3) is 10.9 Å². The summed E-state index contributed by atoms with van der Waals surface area (Å²) in [7, 11) is 0. The molecular weight excluding hydrogens is 420 g/mol. The molecule has 0 aliphatic carbocycles. The number of nitrogens with one attached hydrogen (secondary N) is 1. The number of fused-ring (bicyclic) bond motifs is 1. The van der Waals surface area contributed by atoms with Crippen molar-refractivity contribution in [3.8, 4) is 0 Å². The van der Waals surface area contributed by atoms with Gasteiger partial charge in [-0.2, -0.15) is 0 Å². The number of para-hydroxylation sites is 1. The van der Waals surface area contributed by atoms with E-state index in [1.807, 2.05) is 6.07 Å². The van der Waals surface area contributed by atoms with Gasteiger partial charge in [0.15, 0.2) is 5.16 Å². The first kappa shape index (κ1) is 21.0. The molecular formula is C21H20N4O5S. The molecule has 1 aliphatic heterocycles.